The van der Waals surface area contributed by atoms with Crippen LogP contribution in [0.5, 0.6) is 0 Å². The number of hydrogen-bond donors (Lipinski definition) is 3. The average molecular weight is 270 g/mol. The first kappa shape index (κ1) is 13.5. The molecule has 0 radical (unpaired) electrons. The molecule has 0 aliphatic carbocycles. The van der Waals surface area contributed by atoms with Crippen LogP contribution in [0.3, 0.4) is 0 Å². The molecular formula is C13H14N6O. The summed E-state index contributed by atoms with van der Waals surface area (Å²) in [7, 11) is 1.77. The number of amides is 1. The summed E-state index contributed by atoms with van der Waals surface area (Å²) < 4.78 is 0. The monoisotopic (exact) mass is 270 g/mol. The second-order valence-electron chi connectivity index (χ2n) is 4.45. The van der Waals surface area contributed by atoms with E-state index in [1.54, 1.807) is 30.1 Å². The smallest absolute Gasteiger partial charge is 0.253 e. The zero-order valence-corrected chi connectivity index (χ0v) is 11.0. The van der Waals surface area contributed by atoms with Crippen LogP contribution in [-0.4, -0.2) is 35.9 Å². The van der Waals surface area contributed by atoms with Crippen molar-refractivity contribution in [2.24, 2.45) is 10.8 Å². The van der Waals surface area contributed by atoms with Crippen molar-refractivity contribution in [2.45, 2.75) is 6.42 Å². The molecule has 0 saturated heterocycles. The van der Waals surface area contributed by atoms with Gasteiger partial charge in [-0.2, -0.15) is 10.4 Å². The van der Waals surface area contributed by atoms with Gasteiger partial charge in [0.1, 0.15) is 6.07 Å². The van der Waals surface area contributed by atoms with Gasteiger partial charge in [-0.15, -0.1) is 0 Å². The van der Waals surface area contributed by atoms with Gasteiger partial charge in [-0.25, -0.2) is 0 Å². The molecule has 2 rings (SSSR count). The average Bonchev–Trinajstić information content (AvgIpc) is 2.43. The van der Waals surface area contributed by atoms with Crippen LogP contribution in [0.2, 0.25) is 0 Å². The Hall–Kier alpha value is -2.88. The maximum atomic E-state index is 11.9. The van der Waals surface area contributed by atoms with E-state index in [-0.39, 0.29) is 11.6 Å². The molecule has 0 saturated carbocycles. The van der Waals surface area contributed by atoms with Gasteiger partial charge in [0, 0.05) is 19.2 Å². The van der Waals surface area contributed by atoms with Gasteiger partial charge in [0.2, 0.25) is 5.71 Å². The maximum Gasteiger partial charge on any atom is 0.253 e. The quantitative estimate of drug-likeness (QED) is 0.422. The van der Waals surface area contributed by atoms with E-state index in [1.165, 1.54) is 0 Å². The molecule has 1 aromatic rings. The Morgan fingerprint density at radius 3 is 3.00 bits per heavy atom. The van der Waals surface area contributed by atoms with Gasteiger partial charge in [-0.05, 0) is 30.2 Å². The minimum Gasteiger partial charge on any atom is -0.382 e. The third kappa shape index (κ3) is 2.59. The first-order valence-corrected chi connectivity index (χ1v) is 5.99. The van der Waals surface area contributed by atoms with Crippen LogP contribution in [0.25, 0.3) is 0 Å². The third-order valence-corrected chi connectivity index (χ3v) is 3.06. The van der Waals surface area contributed by atoms with Gasteiger partial charge in [0.15, 0.2) is 5.84 Å². The van der Waals surface area contributed by atoms with Crippen molar-refractivity contribution >= 4 is 23.1 Å². The molecule has 1 amide bonds. The molecule has 7 heteroatoms. The fourth-order valence-electron chi connectivity index (χ4n) is 1.94. The number of nitriles is 1. The summed E-state index contributed by atoms with van der Waals surface area (Å²) in [6.07, 6.45) is 0.772. The number of nitrogens with one attached hydrogen (secondary N) is 2. The zero-order chi connectivity index (χ0) is 14.7. The van der Waals surface area contributed by atoms with Crippen LogP contribution in [0.4, 0.5) is 5.69 Å². The van der Waals surface area contributed by atoms with E-state index in [1.807, 2.05) is 6.07 Å². The Bertz CT molecular complexity index is 643. The lowest BCUT2D eigenvalue weighted by Crippen LogP contribution is -2.34. The summed E-state index contributed by atoms with van der Waals surface area (Å²) in [4.78, 5) is 13.6. The molecule has 0 atom stereocenters. The molecule has 1 aromatic carbocycles. The van der Waals surface area contributed by atoms with Gasteiger partial charge in [-0.1, -0.05) is 0 Å². The van der Waals surface area contributed by atoms with E-state index in [2.05, 4.69) is 10.5 Å². The summed E-state index contributed by atoms with van der Waals surface area (Å²) >= 11 is 0. The Balaban J connectivity index is 2.23. The van der Waals surface area contributed by atoms with E-state index in [4.69, 9.17) is 16.4 Å². The van der Waals surface area contributed by atoms with E-state index in [0.717, 1.165) is 12.0 Å². The molecule has 0 fully saturated rings. The number of hydrogen-bond acceptors (Lipinski definition) is 5. The van der Waals surface area contributed by atoms with Crippen molar-refractivity contribution in [1.82, 2.24) is 4.90 Å². The van der Waals surface area contributed by atoms with Gasteiger partial charge >= 0.3 is 0 Å². The Morgan fingerprint density at radius 2 is 2.35 bits per heavy atom. The molecule has 1 heterocycles. The normalized spacial score (nSPS) is 14.5. The number of anilines is 1. The number of carbonyl (C=O) groups excluding carboxylic acids is 1. The highest BCUT2D eigenvalue weighted by Gasteiger charge is 2.21. The number of benzene rings is 1. The highest BCUT2D eigenvalue weighted by Crippen LogP contribution is 2.21. The highest BCUT2D eigenvalue weighted by molar-refractivity contribution is 6.45. The molecule has 1 aliphatic heterocycles. The standard InChI is InChI=1S/C13H14N6O/c1-19-5-4-8-6-9(2-3-10(8)13(19)20)17-18-11(7-14)12(15)16/h2-3,6,17H,4-5H2,1H3,(H3,15,16)/b18-11+. The first-order chi connectivity index (χ1) is 9.52. The van der Waals surface area contributed by atoms with Crippen LogP contribution < -0.4 is 11.2 Å². The number of hydrazone groups is 1. The number of carbonyl (C=O) groups is 1. The number of nitrogens with zero attached hydrogens (tertiary/aromatic N) is 3. The minimum atomic E-state index is -0.394. The number of nitrogens with two attached hydrogens (primary N) is 1. The Kier molecular flexibility index (Phi) is 3.66. The molecule has 0 bridgehead atoms. The van der Waals surface area contributed by atoms with E-state index in [0.29, 0.717) is 17.8 Å². The lowest BCUT2D eigenvalue weighted by molar-refractivity contribution is 0.0781. The fourth-order valence-corrected chi connectivity index (χ4v) is 1.94. The van der Waals surface area contributed by atoms with Crippen molar-refractivity contribution in [3.63, 3.8) is 0 Å². The van der Waals surface area contributed by atoms with Crippen molar-refractivity contribution in [3.05, 3.63) is 29.3 Å². The molecule has 20 heavy (non-hydrogen) atoms. The number of rotatable bonds is 3. The van der Waals surface area contributed by atoms with Crippen LogP contribution in [0.1, 0.15) is 15.9 Å². The third-order valence-electron chi connectivity index (χ3n) is 3.06. The molecule has 1 aliphatic rings. The summed E-state index contributed by atoms with van der Waals surface area (Å²) in [6, 6.07) is 6.97. The highest BCUT2D eigenvalue weighted by atomic mass is 16.2. The van der Waals surface area contributed by atoms with Gasteiger partial charge in [-0.3, -0.25) is 15.6 Å². The predicted molar refractivity (Wildman–Crippen MR) is 75.7 cm³/mol. The number of amidine groups is 1. The molecule has 4 N–H and O–H groups in total. The zero-order valence-electron chi connectivity index (χ0n) is 11.0. The largest absolute Gasteiger partial charge is 0.382 e. The summed E-state index contributed by atoms with van der Waals surface area (Å²) in [5, 5.41) is 19.6. The van der Waals surface area contributed by atoms with Crippen LogP contribution >= 0.6 is 0 Å². The topological polar surface area (TPSA) is 118 Å². The van der Waals surface area contributed by atoms with Crippen molar-refractivity contribution in [1.29, 1.82) is 10.7 Å². The van der Waals surface area contributed by atoms with Gasteiger partial charge in [0.25, 0.3) is 5.91 Å². The second kappa shape index (κ2) is 5.40. The SMILES string of the molecule is CN1CCc2cc(N/N=C(\C#N)C(=N)N)ccc2C1=O. The van der Waals surface area contributed by atoms with Crippen molar-refractivity contribution in [2.75, 3.05) is 19.0 Å². The molecule has 0 unspecified atom stereocenters. The number of likely N-dealkylation sites (N-methyl/N-ethyl adjacent to an activating group) is 1. The molecule has 0 aromatic heterocycles. The maximum absolute atomic E-state index is 11.9. The molecule has 7 nitrogen and oxygen atoms in total. The molecule has 0 spiro atoms. The summed E-state index contributed by atoms with van der Waals surface area (Å²) in [6.45, 7) is 0.676. The van der Waals surface area contributed by atoms with Crippen LogP contribution in [0, 0.1) is 16.7 Å². The lowest BCUT2D eigenvalue weighted by atomic mass is 9.99. The summed E-state index contributed by atoms with van der Waals surface area (Å²) in [5.41, 5.74) is 9.96. The predicted octanol–water partition coefficient (Wildman–Crippen LogP) is 0.542. The number of fused-ring (bicyclic) bond motifs is 1. The fraction of sp³-hybridized carbons (Fsp3) is 0.231. The molecule has 102 valence electrons. The van der Waals surface area contributed by atoms with E-state index >= 15 is 0 Å². The summed E-state index contributed by atoms with van der Waals surface area (Å²) in [5.74, 6) is -0.391. The van der Waals surface area contributed by atoms with Crippen LogP contribution in [0.15, 0.2) is 23.3 Å². The van der Waals surface area contributed by atoms with Gasteiger partial charge in [0.05, 0.1) is 5.69 Å². The lowest BCUT2D eigenvalue weighted by Gasteiger charge is -2.25. The van der Waals surface area contributed by atoms with Gasteiger partial charge < -0.3 is 10.6 Å². The van der Waals surface area contributed by atoms with Crippen LogP contribution in [-0.2, 0) is 6.42 Å². The second-order valence-corrected chi connectivity index (χ2v) is 4.45. The Labute approximate surface area is 116 Å². The van der Waals surface area contributed by atoms with E-state index in [9.17, 15) is 4.79 Å². The Morgan fingerprint density at radius 1 is 1.60 bits per heavy atom. The van der Waals surface area contributed by atoms with E-state index < -0.39 is 5.84 Å². The van der Waals surface area contributed by atoms with Crippen molar-refractivity contribution in [3.8, 4) is 6.07 Å². The van der Waals surface area contributed by atoms with Crippen molar-refractivity contribution < 1.29 is 4.79 Å². The molecular weight excluding hydrogens is 256 g/mol. The minimum absolute atomic E-state index is 0.00255. The first-order valence-electron chi connectivity index (χ1n) is 5.99.